The molecule has 0 spiro atoms. The van der Waals surface area contributed by atoms with Crippen molar-refractivity contribution in [2.75, 3.05) is 65.3 Å². The minimum atomic E-state index is -0.686. The zero-order chi connectivity index (χ0) is 32.6. The Hall–Kier alpha value is -5.14. The van der Waals surface area contributed by atoms with Crippen molar-refractivity contribution in [3.8, 4) is 0 Å². The Morgan fingerprint density at radius 2 is 1.16 bits per heavy atom. The molecule has 4 N–H and O–H groups in total. The first kappa shape index (κ1) is 34.4. The van der Waals surface area contributed by atoms with E-state index in [0.29, 0.717) is 49.3 Å². The van der Waals surface area contributed by atoms with Gasteiger partial charge in [0.25, 0.3) is 17.5 Å². The molecular weight excluding hydrogens is 578 g/mol. The smallest absolute Gasteiger partial charge is 0.282 e. The molecule has 238 valence electrons. The number of nitrogens with zero attached hydrogens (tertiary/aromatic N) is 3. The highest BCUT2D eigenvalue weighted by Crippen LogP contribution is 2.23. The number of hydrogen-bond donors (Lipinski definition) is 4. The Balaban J connectivity index is 1.66. The lowest BCUT2D eigenvalue weighted by Crippen LogP contribution is -2.26. The molecule has 13 nitrogen and oxygen atoms in total. The van der Waals surface area contributed by atoms with Gasteiger partial charge in [0.15, 0.2) is 0 Å². The van der Waals surface area contributed by atoms with Gasteiger partial charge in [0.1, 0.15) is 17.2 Å². The Morgan fingerprint density at radius 3 is 1.58 bits per heavy atom. The van der Waals surface area contributed by atoms with E-state index in [2.05, 4.69) is 31.3 Å². The van der Waals surface area contributed by atoms with Crippen molar-refractivity contribution >= 4 is 40.5 Å². The highest BCUT2D eigenvalue weighted by molar-refractivity contribution is 6.10. The van der Waals surface area contributed by atoms with Gasteiger partial charge in [-0.05, 0) is 73.5 Å². The first-order valence-corrected chi connectivity index (χ1v) is 14.3. The number of carbonyl (C=O) groups is 2. The lowest BCUT2D eigenvalue weighted by Gasteiger charge is -2.12. The number of carbonyl (C=O) groups excluding carboxylic acids is 2. The number of ether oxygens (including phenoxy) is 2. The normalized spacial score (nSPS) is 11.6. The number of anilines is 2. The Bertz CT molecular complexity index is 1510. The minimum Gasteiger partial charge on any atom is -0.385 e. The van der Waals surface area contributed by atoms with Gasteiger partial charge in [-0.2, -0.15) is 0 Å². The molecule has 0 radical (unpaired) electrons. The van der Waals surface area contributed by atoms with Crippen molar-refractivity contribution in [3.05, 3.63) is 99.1 Å². The second-order valence-electron chi connectivity index (χ2n) is 9.74. The summed E-state index contributed by atoms with van der Waals surface area (Å²) in [5.74, 6) is 0.160. The minimum absolute atomic E-state index is 0.0340. The molecule has 2 amide bonds. The topological polar surface area (TPSA) is 169 Å². The standard InChI is InChI=1S/C32H39N7O6/c1-33-29(35-17-5-19-44-3)22-7-12-25(13-8-22)37-31(40)24-11-16-27(28(21-24)39(42)43)32(41)38-26-14-9-23(10-15-26)30(34-2)36-18-6-20-45-4/h7-16,21H,5-6,17-20H2,1-4H3,(H,33,35)(H,34,36)(H,37,40)(H,38,41). The van der Waals surface area contributed by atoms with Crippen LogP contribution in [-0.4, -0.2) is 83.0 Å². The van der Waals surface area contributed by atoms with Crippen LogP contribution in [0.4, 0.5) is 17.1 Å². The first-order chi connectivity index (χ1) is 21.8. The molecule has 3 aromatic carbocycles. The second-order valence-corrected chi connectivity index (χ2v) is 9.74. The monoisotopic (exact) mass is 617 g/mol. The summed E-state index contributed by atoms with van der Waals surface area (Å²) in [6.07, 6.45) is 1.65. The lowest BCUT2D eigenvalue weighted by atomic mass is 10.1. The molecule has 0 aliphatic heterocycles. The zero-order valence-electron chi connectivity index (χ0n) is 25.9. The van der Waals surface area contributed by atoms with Crippen molar-refractivity contribution in [2.24, 2.45) is 9.98 Å². The van der Waals surface area contributed by atoms with Crippen LogP contribution in [0.1, 0.15) is 44.7 Å². The number of nitro groups is 1. The molecule has 0 fully saturated rings. The maximum absolute atomic E-state index is 13.0. The number of benzene rings is 3. The van der Waals surface area contributed by atoms with Crippen LogP contribution in [0.15, 0.2) is 76.7 Å². The van der Waals surface area contributed by atoms with Gasteiger partial charge in [0.2, 0.25) is 0 Å². The summed E-state index contributed by atoms with van der Waals surface area (Å²) < 4.78 is 10.1. The number of methoxy groups -OCH3 is 2. The maximum Gasteiger partial charge on any atom is 0.282 e. The van der Waals surface area contributed by atoms with E-state index in [4.69, 9.17) is 9.47 Å². The molecule has 0 aliphatic carbocycles. The van der Waals surface area contributed by atoms with Crippen LogP contribution in [-0.2, 0) is 9.47 Å². The molecule has 13 heteroatoms. The Kier molecular flexibility index (Phi) is 13.6. The van der Waals surface area contributed by atoms with Crippen LogP contribution in [0.25, 0.3) is 0 Å². The predicted molar refractivity (Wildman–Crippen MR) is 176 cm³/mol. The van der Waals surface area contributed by atoms with E-state index >= 15 is 0 Å². The molecule has 0 bridgehead atoms. The van der Waals surface area contributed by atoms with Gasteiger partial charge in [0, 0.05) is 88.7 Å². The third-order valence-electron chi connectivity index (χ3n) is 6.62. The fraction of sp³-hybridized carbons (Fsp3) is 0.312. The molecule has 0 saturated carbocycles. The van der Waals surface area contributed by atoms with Crippen LogP contribution in [0.5, 0.6) is 0 Å². The zero-order valence-corrected chi connectivity index (χ0v) is 25.9. The highest BCUT2D eigenvalue weighted by Gasteiger charge is 2.23. The Labute approximate surface area is 262 Å². The fourth-order valence-electron chi connectivity index (χ4n) is 4.31. The van der Waals surface area contributed by atoms with Crippen LogP contribution in [0.2, 0.25) is 0 Å². The van der Waals surface area contributed by atoms with Gasteiger partial charge in [0.05, 0.1) is 4.92 Å². The van der Waals surface area contributed by atoms with E-state index in [1.807, 2.05) is 0 Å². The first-order valence-electron chi connectivity index (χ1n) is 14.3. The van der Waals surface area contributed by atoms with Crippen molar-refractivity contribution in [1.29, 1.82) is 0 Å². The van der Waals surface area contributed by atoms with Crippen LogP contribution in [0, 0.1) is 10.1 Å². The summed E-state index contributed by atoms with van der Waals surface area (Å²) in [6, 6.07) is 17.7. The van der Waals surface area contributed by atoms with E-state index in [9.17, 15) is 19.7 Å². The molecule has 45 heavy (non-hydrogen) atoms. The van der Waals surface area contributed by atoms with E-state index in [1.165, 1.54) is 12.1 Å². The van der Waals surface area contributed by atoms with Crippen LogP contribution >= 0.6 is 0 Å². The van der Waals surface area contributed by atoms with E-state index in [1.54, 1.807) is 76.8 Å². The van der Waals surface area contributed by atoms with Gasteiger partial charge in [-0.1, -0.05) is 0 Å². The number of amidine groups is 2. The summed E-state index contributed by atoms with van der Waals surface area (Å²) in [6.45, 7) is 2.65. The third-order valence-corrected chi connectivity index (χ3v) is 6.62. The van der Waals surface area contributed by atoms with E-state index in [0.717, 1.165) is 30.0 Å². The average molecular weight is 618 g/mol. The second kappa shape index (κ2) is 17.9. The van der Waals surface area contributed by atoms with E-state index < -0.39 is 22.4 Å². The van der Waals surface area contributed by atoms with Gasteiger partial charge in [-0.3, -0.25) is 29.7 Å². The highest BCUT2D eigenvalue weighted by atomic mass is 16.6. The molecule has 3 rings (SSSR count). The molecule has 0 unspecified atom stereocenters. The van der Waals surface area contributed by atoms with E-state index in [-0.39, 0.29) is 11.1 Å². The number of amides is 2. The van der Waals surface area contributed by atoms with Gasteiger partial charge in [-0.15, -0.1) is 0 Å². The van der Waals surface area contributed by atoms with Gasteiger partial charge < -0.3 is 30.7 Å². The molecule has 0 atom stereocenters. The lowest BCUT2D eigenvalue weighted by molar-refractivity contribution is -0.385. The molecule has 3 aromatic rings. The number of nitrogens with one attached hydrogen (secondary N) is 4. The predicted octanol–water partition coefficient (Wildman–Crippen LogP) is 4.10. The largest absolute Gasteiger partial charge is 0.385 e. The summed E-state index contributed by atoms with van der Waals surface area (Å²) in [7, 11) is 6.66. The molecule has 0 aromatic heterocycles. The van der Waals surface area contributed by atoms with Crippen LogP contribution < -0.4 is 21.3 Å². The van der Waals surface area contributed by atoms with Crippen molar-refractivity contribution in [1.82, 2.24) is 10.6 Å². The summed E-state index contributed by atoms with van der Waals surface area (Å²) >= 11 is 0. The van der Waals surface area contributed by atoms with Crippen molar-refractivity contribution in [3.63, 3.8) is 0 Å². The fourth-order valence-corrected chi connectivity index (χ4v) is 4.31. The average Bonchev–Trinajstić information content (AvgIpc) is 3.05. The summed E-state index contributed by atoms with van der Waals surface area (Å²) in [5, 5.41) is 23.8. The van der Waals surface area contributed by atoms with Crippen molar-refractivity contribution in [2.45, 2.75) is 12.8 Å². The maximum atomic E-state index is 13.0. The third kappa shape index (κ3) is 10.2. The SMILES string of the molecule is CN=C(NCCCOC)c1ccc(NC(=O)c2ccc(C(=O)Nc3ccc(C(=NC)NCCCOC)cc3)c([N+](=O)[O-])c2)cc1. The number of nitro benzene ring substituents is 1. The molecule has 0 saturated heterocycles. The Morgan fingerprint density at radius 1 is 0.711 bits per heavy atom. The summed E-state index contributed by atoms with van der Waals surface area (Å²) in [4.78, 5) is 45.7. The van der Waals surface area contributed by atoms with Gasteiger partial charge >= 0.3 is 0 Å². The molecule has 0 aliphatic rings. The molecule has 0 heterocycles. The van der Waals surface area contributed by atoms with Gasteiger partial charge in [-0.25, -0.2) is 0 Å². The quantitative estimate of drug-likeness (QED) is 0.0650. The van der Waals surface area contributed by atoms with Crippen LogP contribution in [0.3, 0.4) is 0 Å². The van der Waals surface area contributed by atoms with Crippen molar-refractivity contribution < 1.29 is 24.0 Å². The number of aliphatic imine (C=N–C) groups is 2. The molecular formula is C32H39N7O6. The summed E-state index contributed by atoms with van der Waals surface area (Å²) in [5.41, 5.74) is 1.96. The number of hydrogen-bond acceptors (Lipinski definition) is 8. The number of rotatable bonds is 15.